The molecule has 2 rings (SSSR count). The fourth-order valence-corrected chi connectivity index (χ4v) is 2.68. The van der Waals surface area contributed by atoms with Gasteiger partial charge in [0.1, 0.15) is 11.6 Å². The maximum atomic E-state index is 7.70. The first-order valence-electron chi connectivity index (χ1n) is 6.46. The number of anilines is 1. The van der Waals surface area contributed by atoms with Gasteiger partial charge in [-0.3, -0.25) is 5.41 Å². The van der Waals surface area contributed by atoms with E-state index in [1.807, 2.05) is 18.2 Å². The van der Waals surface area contributed by atoms with Crippen molar-refractivity contribution < 1.29 is 4.74 Å². The number of amidine groups is 1. The number of nitrogens with one attached hydrogen (secondary N) is 1. The summed E-state index contributed by atoms with van der Waals surface area (Å²) >= 11 is 0. The predicted octanol–water partition coefficient (Wildman–Crippen LogP) is 2.36. The van der Waals surface area contributed by atoms with Crippen molar-refractivity contribution in [1.82, 2.24) is 0 Å². The molecule has 1 saturated heterocycles. The molecule has 0 spiro atoms. The third kappa shape index (κ3) is 2.28. The second-order valence-corrected chi connectivity index (χ2v) is 4.69. The van der Waals surface area contributed by atoms with Gasteiger partial charge in [-0.2, -0.15) is 0 Å². The lowest BCUT2D eigenvalue weighted by Crippen LogP contribution is -2.30. The van der Waals surface area contributed by atoms with Crippen LogP contribution in [0.4, 0.5) is 5.69 Å². The highest BCUT2D eigenvalue weighted by atomic mass is 16.5. The molecular formula is C14H21N3O. The highest BCUT2D eigenvalue weighted by molar-refractivity contribution is 6.00. The van der Waals surface area contributed by atoms with E-state index in [9.17, 15) is 0 Å². The molecule has 1 atom stereocenters. The summed E-state index contributed by atoms with van der Waals surface area (Å²) in [4.78, 5) is 2.36. The van der Waals surface area contributed by atoms with E-state index in [0.717, 1.165) is 30.0 Å². The zero-order valence-electron chi connectivity index (χ0n) is 11.1. The van der Waals surface area contributed by atoms with Crippen molar-refractivity contribution in [2.24, 2.45) is 5.73 Å². The van der Waals surface area contributed by atoms with Gasteiger partial charge in [0.15, 0.2) is 0 Å². The van der Waals surface area contributed by atoms with Gasteiger partial charge in [0.25, 0.3) is 0 Å². The van der Waals surface area contributed by atoms with Crippen LogP contribution >= 0.6 is 0 Å². The quantitative estimate of drug-likeness (QED) is 0.634. The van der Waals surface area contributed by atoms with Gasteiger partial charge in [-0.25, -0.2) is 0 Å². The minimum absolute atomic E-state index is 0.120. The van der Waals surface area contributed by atoms with Gasteiger partial charge < -0.3 is 15.4 Å². The van der Waals surface area contributed by atoms with Crippen LogP contribution in [0.2, 0.25) is 0 Å². The molecule has 1 aliphatic rings. The van der Waals surface area contributed by atoms with Crippen molar-refractivity contribution >= 4 is 11.5 Å². The molecule has 0 aliphatic carbocycles. The van der Waals surface area contributed by atoms with Gasteiger partial charge in [-0.15, -0.1) is 0 Å². The maximum Gasteiger partial charge on any atom is 0.124 e. The molecule has 1 fully saturated rings. The Labute approximate surface area is 108 Å². The summed E-state index contributed by atoms with van der Waals surface area (Å²) in [5, 5.41) is 7.70. The van der Waals surface area contributed by atoms with Gasteiger partial charge >= 0.3 is 0 Å². The summed E-state index contributed by atoms with van der Waals surface area (Å²) in [6.07, 6.45) is 3.53. The number of nitrogens with two attached hydrogens (primary N) is 1. The molecule has 1 aliphatic heterocycles. The Morgan fingerprint density at radius 3 is 2.94 bits per heavy atom. The van der Waals surface area contributed by atoms with E-state index in [2.05, 4.69) is 11.8 Å². The van der Waals surface area contributed by atoms with E-state index in [0.29, 0.717) is 6.04 Å². The van der Waals surface area contributed by atoms with Gasteiger partial charge in [-0.05, 0) is 31.4 Å². The average molecular weight is 247 g/mol. The fraction of sp³-hybridized carbons (Fsp3) is 0.500. The highest BCUT2D eigenvalue weighted by Gasteiger charge is 2.25. The van der Waals surface area contributed by atoms with Crippen molar-refractivity contribution in [3.05, 3.63) is 23.8 Å². The van der Waals surface area contributed by atoms with E-state index in [4.69, 9.17) is 15.9 Å². The number of benzene rings is 1. The molecule has 1 aromatic rings. The number of rotatable bonds is 4. The molecule has 0 bridgehead atoms. The first kappa shape index (κ1) is 12.7. The molecule has 4 nitrogen and oxygen atoms in total. The predicted molar refractivity (Wildman–Crippen MR) is 74.7 cm³/mol. The minimum atomic E-state index is 0.120. The minimum Gasteiger partial charge on any atom is -0.497 e. The number of methoxy groups -OCH3 is 1. The molecule has 3 N–H and O–H groups in total. The molecular weight excluding hydrogens is 226 g/mol. The van der Waals surface area contributed by atoms with Crippen LogP contribution in [-0.2, 0) is 0 Å². The third-order valence-corrected chi connectivity index (χ3v) is 3.65. The molecule has 98 valence electrons. The number of ether oxygens (including phenoxy) is 1. The standard InChI is InChI=1S/C14H21N3O/c1-3-10-5-4-8-17(10)13-9-11(18-2)6-7-12(13)14(15)16/h6-7,9-10H,3-5,8H2,1-2H3,(H3,15,16). The number of nitrogens with zero attached hydrogens (tertiary/aromatic N) is 1. The van der Waals surface area contributed by atoms with Crippen molar-refractivity contribution in [3.63, 3.8) is 0 Å². The maximum absolute atomic E-state index is 7.70. The largest absolute Gasteiger partial charge is 0.497 e. The Morgan fingerprint density at radius 1 is 1.56 bits per heavy atom. The fourth-order valence-electron chi connectivity index (χ4n) is 2.68. The Bertz CT molecular complexity index is 445. The SMILES string of the molecule is CCC1CCCN1c1cc(OC)ccc1C(=N)N. The van der Waals surface area contributed by atoms with E-state index in [1.165, 1.54) is 12.8 Å². The molecule has 18 heavy (non-hydrogen) atoms. The number of hydrogen-bond donors (Lipinski definition) is 2. The van der Waals surface area contributed by atoms with Crippen LogP contribution in [0, 0.1) is 5.41 Å². The van der Waals surface area contributed by atoms with Crippen LogP contribution in [0.5, 0.6) is 5.75 Å². The summed E-state index contributed by atoms with van der Waals surface area (Å²) in [5.41, 5.74) is 7.51. The Kier molecular flexibility index (Phi) is 3.75. The molecule has 1 unspecified atom stereocenters. The van der Waals surface area contributed by atoms with E-state index in [-0.39, 0.29) is 5.84 Å². The van der Waals surface area contributed by atoms with Crippen LogP contribution in [0.3, 0.4) is 0 Å². The van der Waals surface area contributed by atoms with E-state index < -0.39 is 0 Å². The first-order valence-corrected chi connectivity index (χ1v) is 6.46. The van der Waals surface area contributed by atoms with Gasteiger partial charge in [0.05, 0.1) is 12.8 Å². The summed E-state index contributed by atoms with van der Waals surface area (Å²) in [6.45, 7) is 3.24. The summed E-state index contributed by atoms with van der Waals surface area (Å²) in [5.74, 6) is 0.936. The van der Waals surface area contributed by atoms with Gasteiger partial charge in [0.2, 0.25) is 0 Å². The Balaban J connectivity index is 2.42. The molecule has 0 amide bonds. The highest BCUT2D eigenvalue weighted by Crippen LogP contribution is 2.32. The molecule has 1 aromatic carbocycles. The van der Waals surface area contributed by atoms with Crippen molar-refractivity contribution in [2.75, 3.05) is 18.6 Å². The summed E-state index contributed by atoms with van der Waals surface area (Å²) in [6, 6.07) is 6.28. The second kappa shape index (κ2) is 5.29. The molecule has 1 heterocycles. The van der Waals surface area contributed by atoms with Crippen LogP contribution in [0.1, 0.15) is 31.7 Å². The molecule has 0 saturated carbocycles. The Hall–Kier alpha value is -1.71. The van der Waals surface area contributed by atoms with E-state index in [1.54, 1.807) is 7.11 Å². The second-order valence-electron chi connectivity index (χ2n) is 4.69. The van der Waals surface area contributed by atoms with Gasteiger partial charge in [-0.1, -0.05) is 6.92 Å². The number of hydrogen-bond acceptors (Lipinski definition) is 3. The monoisotopic (exact) mass is 247 g/mol. The van der Waals surface area contributed by atoms with Crippen molar-refractivity contribution in [2.45, 2.75) is 32.2 Å². The Morgan fingerprint density at radius 2 is 2.33 bits per heavy atom. The lowest BCUT2D eigenvalue weighted by molar-refractivity contribution is 0.414. The summed E-state index contributed by atoms with van der Waals surface area (Å²) < 4.78 is 5.28. The zero-order valence-corrected chi connectivity index (χ0v) is 11.1. The number of nitrogen functional groups attached to an aromatic ring is 1. The van der Waals surface area contributed by atoms with E-state index >= 15 is 0 Å². The lowest BCUT2D eigenvalue weighted by Gasteiger charge is -2.28. The lowest BCUT2D eigenvalue weighted by atomic mass is 10.1. The summed E-state index contributed by atoms with van der Waals surface area (Å²) in [7, 11) is 1.66. The van der Waals surface area contributed by atoms with Crippen molar-refractivity contribution in [3.8, 4) is 5.75 Å². The van der Waals surface area contributed by atoms with Crippen LogP contribution in [-0.4, -0.2) is 25.5 Å². The topological polar surface area (TPSA) is 62.3 Å². The average Bonchev–Trinajstić information content (AvgIpc) is 2.85. The normalized spacial score (nSPS) is 19.0. The zero-order chi connectivity index (χ0) is 13.1. The first-order chi connectivity index (χ1) is 8.67. The molecule has 0 radical (unpaired) electrons. The van der Waals surface area contributed by atoms with Crippen LogP contribution < -0.4 is 15.4 Å². The molecule has 4 heteroatoms. The van der Waals surface area contributed by atoms with Crippen LogP contribution in [0.15, 0.2) is 18.2 Å². The third-order valence-electron chi connectivity index (χ3n) is 3.65. The van der Waals surface area contributed by atoms with Crippen LogP contribution in [0.25, 0.3) is 0 Å². The molecule has 0 aromatic heterocycles. The van der Waals surface area contributed by atoms with Gasteiger partial charge in [0, 0.05) is 24.2 Å². The smallest absolute Gasteiger partial charge is 0.124 e. The van der Waals surface area contributed by atoms with Crippen molar-refractivity contribution in [1.29, 1.82) is 5.41 Å².